The van der Waals surface area contributed by atoms with Crippen LogP contribution >= 0.6 is 0 Å². The third-order valence-electron chi connectivity index (χ3n) is 3.72. The molecule has 0 saturated carbocycles. The fourth-order valence-corrected chi connectivity index (χ4v) is 2.20. The molecule has 1 aromatic rings. The van der Waals surface area contributed by atoms with E-state index in [0.717, 1.165) is 5.56 Å². The maximum atomic E-state index is 9.78. The average Bonchev–Trinajstić information content (AvgIpc) is 2.62. The SMILES string of the molecule is COc1ccc(CCNCC(O)C(O)C(O)C(O)CO)cc1OC. The van der Waals surface area contributed by atoms with Gasteiger partial charge in [-0.25, -0.2) is 0 Å². The second-order valence-electron chi connectivity index (χ2n) is 5.44. The van der Waals surface area contributed by atoms with E-state index in [1.165, 1.54) is 0 Å². The molecule has 8 nitrogen and oxygen atoms in total. The Morgan fingerprint density at radius 3 is 2.17 bits per heavy atom. The molecular formula is C16H27NO7. The van der Waals surface area contributed by atoms with Crippen LogP contribution in [0.25, 0.3) is 0 Å². The number of aliphatic hydroxyl groups excluding tert-OH is 5. The molecule has 6 N–H and O–H groups in total. The highest BCUT2D eigenvalue weighted by Gasteiger charge is 2.29. The number of hydrogen-bond acceptors (Lipinski definition) is 8. The smallest absolute Gasteiger partial charge is 0.160 e. The molecule has 0 aliphatic rings. The molecule has 0 aromatic heterocycles. The van der Waals surface area contributed by atoms with Gasteiger partial charge in [-0.15, -0.1) is 0 Å². The van der Waals surface area contributed by atoms with Crippen LogP contribution in [0, 0.1) is 0 Å². The molecule has 1 rings (SSSR count). The molecular weight excluding hydrogens is 318 g/mol. The summed E-state index contributed by atoms with van der Waals surface area (Å²) in [4.78, 5) is 0. The van der Waals surface area contributed by atoms with Crippen molar-refractivity contribution in [3.8, 4) is 11.5 Å². The largest absolute Gasteiger partial charge is 0.493 e. The van der Waals surface area contributed by atoms with Crippen molar-refractivity contribution >= 4 is 0 Å². The molecule has 8 heteroatoms. The summed E-state index contributed by atoms with van der Waals surface area (Å²) in [5.41, 5.74) is 1.01. The number of rotatable bonds is 11. The van der Waals surface area contributed by atoms with Gasteiger partial charge in [0.1, 0.15) is 18.3 Å². The van der Waals surface area contributed by atoms with Gasteiger partial charge < -0.3 is 40.3 Å². The number of ether oxygens (including phenoxy) is 2. The van der Waals surface area contributed by atoms with E-state index in [9.17, 15) is 20.4 Å². The number of nitrogens with one attached hydrogen (secondary N) is 1. The Morgan fingerprint density at radius 1 is 0.958 bits per heavy atom. The summed E-state index contributed by atoms with van der Waals surface area (Å²) in [7, 11) is 3.12. The molecule has 1 aromatic carbocycles. The van der Waals surface area contributed by atoms with Gasteiger partial charge in [-0.2, -0.15) is 0 Å². The van der Waals surface area contributed by atoms with Crippen LogP contribution in [0.2, 0.25) is 0 Å². The number of benzene rings is 1. The molecule has 0 aliphatic heterocycles. The zero-order valence-electron chi connectivity index (χ0n) is 13.9. The fourth-order valence-electron chi connectivity index (χ4n) is 2.20. The van der Waals surface area contributed by atoms with E-state index in [0.29, 0.717) is 24.5 Å². The molecule has 138 valence electrons. The first-order valence-electron chi connectivity index (χ1n) is 7.69. The first kappa shape index (κ1) is 20.6. The van der Waals surface area contributed by atoms with Gasteiger partial charge in [-0.3, -0.25) is 0 Å². The Hall–Kier alpha value is -1.42. The van der Waals surface area contributed by atoms with E-state index < -0.39 is 31.0 Å². The normalized spacial score (nSPS) is 16.3. The minimum absolute atomic E-state index is 0.0314. The van der Waals surface area contributed by atoms with Crippen LogP contribution in [0.1, 0.15) is 5.56 Å². The highest BCUT2D eigenvalue weighted by atomic mass is 16.5. The molecule has 0 amide bonds. The third-order valence-corrected chi connectivity index (χ3v) is 3.72. The molecule has 4 unspecified atom stereocenters. The van der Waals surface area contributed by atoms with Crippen molar-refractivity contribution in [3.63, 3.8) is 0 Å². The average molecular weight is 345 g/mol. The van der Waals surface area contributed by atoms with Gasteiger partial charge in [0, 0.05) is 6.54 Å². The Morgan fingerprint density at radius 2 is 1.58 bits per heavy atom. The third kappa shape index (κ3) is 5.90. The van der Waals surface area contributed by atoms with E-state index in [1.54, 1.807) is 20.3 Å². The first-order valence-corrected chi connectivity index (χ1v) is 7.69. The minimum atomic E-state index is -1.61. The molecule has 0 fully saturated rings. The zero-order valence-corrected chi connectivity index (χ0v) is 13.9. The van der Waals surface area contributed by atoms with E-state index in [-0.39, 0.29) is 6.54 Å². The Labute approximate surface area is 141 Å². The lowest BCUT2D eigenvalue weighted by molar-refractivity contribution is -0.113. The van der Waals surface area contributed by atoms with Gasteiger partial charge in [0.05, 0.1) is 26.9 Å². The summed E-state index contributed by atoms with van der Waals surface area (Å²) < 4.78 is 10.4. The zero-order chi connectivity index (χ0) is 18.1. The van der Waals surface area contributed by atoms with E-state index in [2.05, 4.69) is 5.32 Å². The van der Waals surface area contributed by atoms with Crippen LogP contribution in [0.3, 0.4) is 0 Å². The molecule has 0 bridgehead atoms. The molecule has 4 atom stereocenters. The first-order chi connectivity index (χ1) is 11.4. The van der Waals surface area contributed by atoms with Crippen molar-refractivity contribution in [2.75, 3.05) is 33.9 Å². The standard InChI is InChI=1S/C16H27NO7/c1-23-13-4-3-10(7-14(13)24-2)5-6-17-8-11(19)15(21)16(22)12(20)9-18/h3-4,7,11-12,15-22H,5-6,8-9H2,1-2H3. The Kier molecular flexibility index (Phi) is 8.98. The molecule has 0 aliphatic carbocycles. The summed E-state index contributed by atoms with van der Waals surface area (Å²) in [5.74, 6) is 1.27. The summed E-state index contributed by atoms with van der Waals surface area (Å²) in [6.07, 6.45) is -5.28. The van der Waals surface area contributed by atoms with Crippen LogP contribution in [0.15, 0.2) is 18.2 Å². The second kappa shape index (κ2) is 10.4. The Bertz CT molecular complexity index is 485. The summed E-state index contributed by atoms with van der Waals surface area (Å²) >= 11 is 0. The van der Waals surface area contributed by atoms with Gasteiger partial charge in [-0.05, 0) is 30.7 Å². The summed E-state index contributed by atoms with van der Waals surface area (Å²) in [6.45, 7) is -0.140. The highest BCUT2D eigenvalue weighted by molar-refractivity contribution is 5.42. The van der Waals surface area contributed by atoms with Crippen LogP contribution in [0.5, 0.6) is 11.5 Å². The number of methoxy groups -OCH3 is 2. The minimum Gasteiger partial charge on any atom is -0.493 e. The van der Waals surface area contributed by atoms with E-state index >= 15 is 0 Å². The van der Waals surface area contributed by atoms with Crippen LogP contribution < -0.4 is 14.8 Å². The molecule has 0 heterocycles. The maximum Gasteiger partial charge on any atom is 0.160 e. The van der Waals surface area contributed by atoms with Crippen molar-refractivity contribution in [2.24, 2.45) is 0 Å². The van der Waals surface area contributed by atoms with Crippen molar-refractivity contribution < 1.29 is 35.0 Å². The van der Waals surface area contributed by atoms with Gasteiger partial charge >= 0.3 is 0 Å². The monoisotopic (exact) mass is 345 g/mol. The Balaban J connectivity index is 2.40. The number of aliphatic hydroxyl groups is 5. The van der Waals surface area contributed by atoms with E-state index in [1.807, 2.05) is 12.1 Å². The van der Waals surface area contributed by atoms with Crippen LogP contribution in [-0.2, 0) is 6.42 Å². The summed E-state index contributed by atoms with van der Waals surface area (Å²) in [5, 5.41) is 49.9. The van der Waals surface area contributed by atoms with E-state index in [4.69, 9.17) is 14.6 Å². The van der Waals surface area contributed by atoms with Gasteiger partial charge in [0.2, 0.25) is 0 Å². The van der Waals surface area contributed by atoms with Crippen molar-refractivity contribution in [1.29, 1.82) is 0 Å². The predicted octanol–water partition coefficient (Wildman–Crippen LogP) is -1.73. The molecule has 0 saturated heterocycles. The quantitative estimate of drug-likeness (QED) is 0.261. The molecule has 0 radical (unpaired) electrons. The van der Waals surface area contributed by atoms with Crippen molar-refractivity contribution in [1.82, 2.24) is 5.32 Å². The molecule has 24 heavy (non-hydrogen) atoms. The lowest BCUT2D eigenvalue weighted by atomic mass is 10.0. The van der Waals surface area contributed by atoms with Crippen molar-refractivity contribution in [2.45, 2.75) is 30.8 Å². The summed E-state index contributed by atoms with van der Waals surface area (Å²) in [6, 6.07) is 5.56. The van der Waals surface area contributed by atoms with Gasteiger partial charge in [-0.1, -0.05) is 6.07 Å². The molecule has 0 spiro atoms. The lowest BCUT2D eigenvalue weighted by Crippen LogP contribution is -2.49. The number of hydrogen-bond donors (Lipinski definition) is 6. The highest BCUT2D eigenvalue weighted by Crippen LogP contribution is 2.27. The maximum absolute atomic E-state index is 9.78. The van der Waals surface area contributed by atoms with Crippen LogP contribution in [-0.4, -0.2) is 83.9 Å². The lowest BCUT2D eigenvalue weighted by Gasteiger charge is -2.25. The van der Waals surface area contributed by atoms with Crippen molar-refractivity contribution in [3.05, 3.63) is 23.8 Å². The second-order valence-corrected chi connectivity index (χ2v) is 5.44. The van der Waals surface area contributed by atoms with Gasteiger partial charge in [0.15, 0.2) is 11.5 Å². The fraction of sp³-hybridized carbons (Fsp3) is 0.625. The van der Waals surface area contributed by atoms with Crippen LogP contribution in [0.4, 0.5) is 0 Å². The topological polar surface area (TPSA) is 132 Å². The van der Waals surface area contributed by atoms with Gasteiger partial charge in [0.25, 0.3) is 0 Å². The predicted molar refractivity (Wildman–Crippen MR) is 87.2 cm³/mol.